The van der Waals surface area contributed by atoms with E-state index in [0.29, 0.717) is 33.5 Å². The summed E-state index contributed by atoms with van der Waals surface area (Å²) in [5.41, 5.74) is 1.02. The molecule has 0 N–H and O–H groups in total. The number of Topliss-reactive ketones (excluding diaryl/α,β-unsaturated/α-hetero) is 1. The zero-order valence-electron chi connectivity index (χ0n) is 13.8. The normalized spacial score (nSPS) is 10.5. The van der Waals surface area contributed by atoms with Crippen LogP contribution in [0.4, 0.5) is 0 Å². The van der Waals surface area contributed by atoms with Crippen molar-refractivity contribution in [3.63, 3.8) is 0 Å². The van der Waals surface area contributed by atoms with E-state index in [-0.39, 0.29) is 11.9 Å². The summed E-state index contributed by atoms with van der Waals surface area (Å²) in [5, 5.41) is 0. The van der Waals surface area contributed by atoms with Crippen LogP contribution < -0.4 is 9.47 Å². The van der Waals surface area contributed by atoms with Gasteiger partial charge in [0.2, 0.25) is 0 Å². The van der Waals surface area contributed by atoms with Gasteiger partial charge in [0.25, 0.3) is 0 Å². The molecule has 0 unspecified atom stereocenters. The highest BCUT2D eigenvalue weighted by Gasteiger charge is 2.13. The van der Waals surface area contributed by atoms with Crippen molar-refractivity contribution in [3.8, 4) is 11.5 Å². The largest absolute Gasteiger partial charge is 0.490 e. The highest BCUT2D eigenvalue weighted by Crippen LogP contribution is 2.27. The molecule has 0 amide bonds. The van der Waals surface area contributed by atoms with Crippen molar-refractivity contribution in [2.45, 2.75) is 33.3 Å². The van der Waals surface area contributed by atoms with Gasteiger partial charge in [-0.1, -0.05) is 6.92 Å². The summed E-state index contributed by atoms with van der Waals surface area (Å²) >= 11 is 3.39. The van der Waals surface area contributed by atoms with Crippen LogP contribution in [0.3, 0.4) is 0 Å². The van der Waals surface area contributed by atoms with Crippen LogP contribution in [0.2, 0.25) is 0 Å². The van der Waals surface area contributed by atoms with Crippen LogP contribution in [-0.4, -0.2) is 17.9 Å². The Bertz CT molecular complexity index is 736. The maximum absolute atomic E-state index is 12.2. The second-order valence-electron chi connectivity index (χ2n) is 5.50. The summed E-state index contributed by atoms with van der Waals surface area (Å²) in [7, 11) is 0. The van der Waals surface area contributed by atoms with Crippen LogP contribution in [0.25, 0.3) is 0 Å². The molecule has 0 spiro atoms. The van der Waals surface area contributed by atoms with E-state index >= 15 is 0 Å². The fraction of sp³-hybridized carbons (Fsp3) is 0.263. The minimum absolute atomic E-state index is 0.0449. The fourth-order valence-electron chi connectivity index (χ4n) is 2.06. The van der Waals surface area contributed by atoms with E-state index in [1.807, 2.05) is 13.8 Å². The molecule has 126 valence electrons. The molecule has 2 aromatic rings. The molecule has 2 rings (SSSR count). The Morgan fingerprint density at radius 3 is 2.21 bits per heavy atom. The second kappa shape index (κ2) is 8.11. The Balaban J connectivity index is 2.09. The molecule has 0 radical (unpaired) electrons. The highest BCUT2D eigenvalue weighted by atomic mass is 79.9. The third-order valence-electron chi connectivity index (χ3n) is 3.24. The molecule has 0 fully saturated rings. The SMILES string of the molecule is CCC(=O)c1ccc(OC(=O)c2ccc(OC(C)C)c(Br)c2)cc1. The van der Waals surface area contributed by atoms with Gasteiger partial charge in [-0.05, 0) is 72.2 Å². The van der Waals surface area contributed by atoms with Gasteiger partial charge in [0.1, 0.15) is 11.5 Å². The van der Waals surface area contributed by atoms with Crippen LogP contribution >= 0.6 is 15.9 Å². The van der Waals surface area contributed by atoms with Crippen LogP contribution in [0.1, 0.15) is 47.9 Å². The molecule has 0 heterocycles. The molecule has 2 aromatic carbocycles. The molecule has 0 aliphatic rings. The average molecular weight is 391 g/mol. The van der Waals surface area contributed by atoms with Crippen molar-refractivity contribution in [1.29, 1.82) is 0 Å². The lowest BCUT2D eigenvalue weighted by Crippen LogP contribution is -2.10. The Morgan fingerprint density at radius 1 is 1.04 bits per heavy atom. The van der Waals surface area contributed by atoms with Gasteiger partial charge in [-0.15, -0.1) is 0 Å². The molecule has 0 saturated carbocycles. The van der Waals surface area contributed by atoms with Crippen LogP contribution in [0, 0.1) is 0 Å². The van der Waals surface area contributed by atoms with Crippen molar-refractivity contribution < 1.29 is 19.1 Å². The zero-order chi connectivity index (χ0) is 17.7. The Morgan fingerprint density at radius 2 is 1.67 bits per heavy atom. The van der Waals surface area contributed by atoms with Crippen molar-refractivity contribution in [1.82, 2.24) is 0 Å². The van der Waals surface area contributed by atoms with Gasteiger partial charge in [0, 0.05) is 12.0 Å². The summed E-state index contributed by atoms with van der Waals surface area (Å²) in [6.45, 7) is 5.67. The van der Waals surface area contributed by atoms with Crippen LogP contribution in [-0.2, 0) is 0 Å². The molecule has 0 bridgehead atoms. The number of rotatable bonds is 6. The summed E-state index contributed by atoms with van der Waals surface area (Å²) < 4.78 is 11.6. The standard InChI is InChI=1S/C19H19BrO4/c1-4-17(21)13-5-8-15(9-6-13)24-19(22)14-7-10-18(16(20)11-14)23-12(2)3/h5-12H,4H2,1-3H3. The van der Waals surface area contributed by atoms with E-state index < -0.39 is 5.97 Å². The molecule has 0 saturated heterocycles. The van der Waals surface area contributed by atoms with Gasteiger partial charge in [0.05, 0.1) is 16.1 Å². The van der Waals surface area contributed by atoms with Gasteiger partial charge in [-0.3, -0.25) is 4.79 Å². The Hall–Kier alpha value is -2.14. The van der Waals surface area contributed by atoms with E-state index in [1.54, 1.807) is 49.4 Å². The Kier molecular flexibility index (Phi) is 6.15. The predicted octanol–water partition coefficient (Wildman–Crippen LogP) is 5.05. The number of esters is 1. The second-order valence-corrected chi connectivity index (χ2v) is 6.36. The average Bonchev–Trinajstić information content (AvgIpc) is 2.56. The topological polar surface area (TPSA) is 52.6 Å². The summed E-state index contributed by atoms with van der Waals surface area (Å²) in [5.74, 6) is 0.647. The summed E-state index contributed by atoms with van der Waals surface area (Å²) in [6, 6.07) is 11.6. The maximum atomic E-state index is 12.2. The fourth-order valence-corrected chi connectivity index (χ4v) is 2.53. The number of hydrogen-bond donors (Lipinski definition) is 0. The zero-order valence-corrected chi connectivity index (χ0v) is 15.4. The maximum Gasteiger partial charge on any atom is 0.343 e. The molecule has 0 atom stereocenters. The smallest absolute Gasteiger partial charge is 0.343 e. The van der Waals surface area contributed by atoms with E-state index in [0.717, 1.165) is 0 Å². The molecular weight excluding hydrogens is 372 g/mol. The number of ketones is 1. The number of benzene rings is 2. The molecule has 0 aromatic heterocycles. The lowest BCUT2D eigenvalue weighted by atomic mass is 10.1. The number of hydrogen-bond acceptors (Lipinski definition) is 4. The number of halogens is 1. The Labute approximate surface area is 149 Å². The molecular formula is C19H19BrO4. The first-order valence-electron chi connectivity index (χ1n) is 7.72. The van der Waals surface area contributed by atoms with Crippen molar-refractivity contribution >= 4 is 27.7 Å². The number of ether oxygens (including phenoxy) is 2. The third kappa shape index (κ3) is 4.68. The van der Waals surface area contributed by atoms with Crippen molar-refractivity contribution in [2.24, 2.45) is 0 Å². The minimum Gasteiger partial charge on any atom is -0.490 e. The van der Waals surface area contributed by atoms with Gasteiger partial charge in [0.15, 0.2) is 5.78 Å². The van der Waals surface area contributed by atoms with Gasteiger partial charge in [-0.2, -0.15) is 0 Å². The highest BCUT2D eigenvalue weighted by molar-refractivity contribution is 9.10. The quantitative estimate of drug-likeness (QED) is 0.393. The molecule has 0 aliphatic carbocycles. The minimum atomic E-state index is -0.471. The summed E-state index contributed by atoms with van der Waals surface area (Å²) in [4.78, 5) is 23.8. The van der Waals surface area contributed by atoms with Crippen molar-refractivity contribution in [3.05, 3.63) is 58.1 Å². The first-order valence-corrected chi connectivity index (χ1v) is 8.51. The van der Waals surface area contributed by atoms with Crippen LogP contribution in [0.15, 0.2) is 46.9 Å². The van der Waals surface area contributed by atoms with Gasteiger partial charge in [-0.25, -0.2) is 4.79 Å². The first-order chi connectivity index (χ1) is 11.4. The van der Waals surface area contributed by atoms with Crippen LogP contribution in [0.5, 0.6) is 11.5 Å². The third-order valence-corrected chi connectivity index (χ3v) is 3.86. The number of carbonyl (C=O) groups excluding carboxylic acids is 2. The number of carbonyl (C=O) groups is 2. The van der Waals surface area contributed by atoms with Gasteiger partial charge < -0.3 is 9.47 Å². The van der Waals surface area contributed by atoms with E-state index in [1.165, 1.54) is 0 Å². The van der Waals surface area contributed by atoms with E-state index in [2.05, 4.69) is 15.9 Å². The van der Waals surface area contributed by atoms with Gasteiger partial charge >= 0.3 is 5.97 Å². The molecule has 5 heteroatoms. The van der Waals surface area contributed by atoms with Crippen molar-refractivity contribution in [2.75, 3.05) is 0 Å². The van der Waals surface area contributed by atoms with E-state index in [9.17, 15) is 9.59 Å². The predicted molar refractivity (Wildman–Crippen MR) is 95.9 cm³/mol. The monoisotopic (exact) mass is 390 g/mol. The summed E-state index contributed by atoms with van der Waals surface area (Å²) in [6.07, 6.45) is 0.487. The lowest BCUT2D eigenvalue weighted by Gasteiger charge is -2.12. The molecule has 0 aliphatic heterocycles. The molecule has 4 nitrogen and oxygen atoms in total. The van der Waals surface area contributed by atoms with E-state index in [4.69, 9.17) is 9.47 Å². The molecule has 24 heavy (non-hydrogen) atoms. The first kappa shape index (κ1) is 18.2. The lowest BCUT2D eigenvalue weighted by molar-refractivity contribution is 0.0734.